The van der Waals surface area contributed by atoms with Crippen LogP contribution in [0, 0.1) is 11.8 Å². The van der Waals surface area contributed by atoms with E-state index in [0.717, 1.165) is 11.8 Å². The standard InChI is InChI=1S/C10H18O/c1-8-5-9(2)7-10(6-8)3-4-11/h3,8-9,11H,4-7H2,1-2H3/t8-,9?/m0/s1. The van der Waals surface area contributed by atoms with Crippen molar-refractivity contribution in [1.82, 2.24) is 0 Å². The van der Waals surface area contributed by atoms with Gasteiger partial charge in [-0.15, -0.1) is 0 Å². The second-order valence-electron chi connectivity index (χ2n) is 3.90. The van der Waals surface area contributed by atoms with Crippen LogP contribution < -0.4 is 0 Å². The first kappa shape index (κ1) is 8.79. The fourth-order valence-corrected chi connectivity index (χ4v) is 2.13. The van der Waals surface area contributed by atoms with E-state index in [4.69, 9.17) is 5.11 Å². The Balaban J connectivity index is 2.49. The van der Waals surface area contributed by atoms with E-state index in [0.29, 0.717) is 0 Å². The topological polar surface area (TPSA) is 20.2 Å². The zero-order valence-corrected chi connectivity index (χ0v) is 7.51. The normalized spacial score (nSPS) is 36.1. The van der Waals surface area contributed by atoms with Crippen LogP contribution >= 0.6 is 0 Å². The average Bonchev–Trinajstić information content (AvgIpc) is 1.85. The second kappa shape index (κ2) is 3.91. The first-order valence-electron chi connectivity index (χ1n) is 4.51. The highest BCUT2D eigenvalue weighted by Crippen LogP contribution is 2.31. The Morgan fingerprint density at radius 2 is 1.91 bits per heavy atom. The molecule has 1 rings (SSSR count). The van der Waals surface area contributed by atoms with Crippen LogP contribution in [0.4, 0.5) is 0 Å². The van der Waals surface area contributed by atoms with Crippen molar-refractivity contribution in [3.8, 4) is 0 Å². The number of hydrogen-bond donors (Lipinski definition) is 1. The summed E-state index contributed by atoms with van der Waals surface area (Å²) in [4.78, 5) is 0. The largest absolute Gasteiger partial charge is 0.392 e. The number of rotatable bonds is 1. The molecule has 11 heavy (non-hydrogen) atoms. The van der Waals surface area contributed by atoms with Gasteiger partial charge in [-0.05, 0) is 31.1 Å². The van der Waals surface area contributed by atoms with Crippen LogP contribution in [0.3, 0.4) is 0 Å². The molecule has 0 aliphatic heterocycles. The molecule has 0 heterocycles. The van der Waals surface area contributed by atoms with E-state index in [1.54, 1.807) is 0 Å². The van der Waals surface area contributed by atoms with E-state index >= 15 is 0 Å². The molecule has 1 aliphatic carbocycles. The predicted molar refractivity (Wildman–Crippen MR) is 47.3 cm³/mol. The Morgan fingerprint density at radius 3 is 2.36 bits per heavy atom. The number of aliphatic hydroxyl groups excluding tert-OH is 1. The second-order valence-corrected chi connectivity index (χ2v) is 3.90. The van der Waals surface area contributed by atoms with Crippen molar-refractivity contribution >= 4 is 0 Å². The lowest BCUT2D eigenvalue weighted by Crippen LogP contribution is -2.12. The minimum atomic E-state index is 0.217. The monoisotopic (exact) mass is 154 g/mol. The van der Waals surface area contributed by atoms with E-state index < -0.39 is 0 Å². The zero-order chi connectivity index (χ0) is 8.27. The summed E-state index contributed by atoms with van der Waals surface area (Å²) in [6.45, 7) is 4.80. The van der Waals surface area contributed by atoms with Gasteiger partial charge in [0.1, 0.15) is 0 Å². The highest BCUT2D eigenvalue weighted by molar-refractivity contribution is 5.06. The summed E-state index contributed by atoms with van der Waals surface area (Å²) in [5.74, 6) is 1.63. The lowest BCUT2D eigenvalue weighted by Gasteiger charge is -2.26. The minimum absolute atomic E-state index is 0.217. The lowest BCUT2D eigenvalue weighted by molar-refractivity contribution is 0.329. The van der Waals surface area contributed by atoms with Crippen LogP contribution in [0.2, 0.25) is 0 Å². The van der Waals surface area contributed by atoms with Crippen LogP contribution in [-0.2, 0) is 0 Å². The van der Waals surface area contributed by atoms with Crippen molar-refractivity contribution in [3.63, 3.8) is 0 Å². The van der Waals surface area contributed by atoms with E-state index in [1.165, 1.54) is 24.8 Å². The summed E-state index contributed by atoms with van der Waals surface area (Å²) < 4.78 is 0. The Kier molecular flexibility index (Phi) is 3.13. The van der Waals surface area contributed by atoms with Crippen molar-refractivity contribution in [2.45, 2.75) is 33.1 Å². The molecule has 1 fully saturated rings. The fraction of sp³-hybridized carbons (Fsp3) is 0.800. The third-order valence-corrected chi connectivity index (χ3v) is 2.41. The predicted octanol–water partition coefficient (Wildman–Crippen LogP) is 2.36. The summed E-state index contributed by atoms with van der Waals surface area (Å²) in [7, 11) is 0. The van der Waals surface area contributed by atoms with Gasteiger partial charge in [0.2, 0.25) is 0 Å². The van der Waals surface area contributed by atoms with Gasteiger partial charge in [-0.3, -0.25) is 0 Å². The molecule has 0 spiro atoms. The van der Waals surface area contributed by atoms with Crippen LogP contribution in [0.15, 0.2) is 11.6 Å². The first-order chi connectivity index (χ1) is 5.22. The van der Waals surface area contributed by atoms with Gasteiger partial charge in [0.15, 0.2) is 0 Å². The Morgan fingerprint density at radius 1 is 1.36 bits per heavy atom. The number of allylic oxidation sites excluding steroid dienone is 1. The molecular formula is C10H18O. The SMILES string of the molecule is CC1CC(=CCO)C[C@@H](C)C1. The van der Waals surface area contributed by atoms with Crippen molar-refractivity contribution in [2.75, 3.05) is 6.61 Å². The number of aliphatic hydroxyl groups is 1. The molecule has 1 saturated carbocycles. The van der Waals surface area contributed by atoms with Gasteiger partial charge in [0, 0.05) is 0 Å². The molecular weight excluding hydrogens is 136 g/mol. The van der Waals surface area contributed by atoms with E-state index in [2.05, 4.69) is 13.8 Å². The van der Waals surface area contributed by atoms with Gasteiger partial charge >= 0.3 is 0 Å². The van der Waals surface area contributed by atoms with Gasteiger partial charge < -0.3 is 5.11 Å². The molecule has 0 saturated heterocycles. The lowest BCUT2D eigenvalue weighted by atomic mass is 9.80. The van der Waals surface area contributed by atoms with Gasteiger partial charge in [-0.2, -0.15) is 0 Å². The molecule has 1 nitrogen and oxygen atoms in total. The summed E-state index contributed by atoms with van der Waals surface area (Å²) in [5, 5.41) is 8.71. The van der Waals surface area contributed by atoms with Crippen molar-refractivity contribution in [3.05, 3.63) is 11.6 Å². The molecule has 1 N–H and O–H groups in total. The van der Waals surface area contributed by atoms with Gasteiger partial charge in [-0.1, -0.05) is 25.5 Å². The third-order valence-electron chi connectivity index (χ3n) is 2.41. The van der Waals surface area contributed by atoms with Crippen molar-refractivity contribution in [1.29, 1.82) is 0 Å². The summed E-state index contributed by atoms with van der Waals surface area (Å²) in [6.07, 6.45) is 5.73. The Bertz CT molecular complexity index is 137. The van der Waals surface area contributed by atoms with Crippen LogP contribution in [0.25, 0.3) is 0 Å². The molecule has 1 aliphatic rings. The van der Waals surface area contributed by atoms with Crippen molar-refractivity contribution < 1.29 is 5.11 Å². The van der Waals surface area contributed by atoms with Crippen LogP contribution in [0.5, 0.6) is 0 Å². The molecule has 0 aromatic carbocycles. The van der Waals surface area contributed by atoms with Gasteiger partial charge in [0.25, 0.3) is 0 Å². The molecule has 64 valence electrons. The summed E-state index contributed by atoms with van der Waals surface area (Å²) in [6, 6.07) is 0. The minimum Gasteiger partial charge on any atom is -0.392 e. The fourth-order valence-electron chi connectivity index (χ4n) is 2.13. The Labute approximate surface area is 69.1 Å². The average molecular weight is 154 g/mol. The Hall–Kier alpha value is -0.300. The maximum absolute atomic E-state index is 8.71. The first-order valence-corrected chi connectivity index (χ1v) is 4.51. The van der Waals surface area contributed by atoms with Gasteiger partial charge in [0.05, 0.1) is 6.61 Å². The maximum Gasteiger partial charge on any atom is 0.0615 e. The summed E-state index contributed by atoms with van der Waals surface area (Å²) >= 11 is 0. The molecule has 0 amide bonds. The van der Waals surface area contributed by atoms with E-state index in [-0.39, 0.29) is 6.61 Å². The molecule has 1 heteroatoms. The van der Waals surface area contributed by atoms with Crippen LogP contribution in [0.1, 0.15) is 33.1 Å². The quantitative estimate of drug-likeness (QED) is 0.575. The molecule has 0 bridgehead atoms. The maximum atomic E-state index is 8.71. The van der Waals surface area contributed by atoms with E-state index in [1.807, 2.05) is 6.08 Å². The molecule has 1 unspecified atom stereocenters. The molecule has 2 atom stereocenters. The molecule has 0 radical (unpaired) electrons. The highest BCUT2D eigenvalue weighted by Gasteiger charge is 2.17. The third kappa shape index (κ3) is 2.66. The molecule has 0 aromatic rings. The number of hydrogen-bond acceptors (Lipinski definition) is 1. The van der Waals surface area contributed by atoms with Crippen molar-refractivity contribution in [2.24, 2.45) is 11.8 Å². The van der Waals surface area contributed by atoms with Gasteiger partial charge in [-0.25, -0.2) is 0 Å². The summed E-state index contributed by atoms with van der Waals surface area (Å²) in [5.41, 5.74) is 1.46. The smallest absolute Gasteiger partial charge is 0.0615 e. The van der Waals surface area contributed by atoms with Crippen LogP contribution in [-0.4, -0.2) is 11.7 Å². The van der Waals surface area contributed by atoms with E-state index in [9.17, 15) is 0 Å². The highest BCUT2D eigenvalue weighted by atomic mass is 16.2. The molecule has 0 aromatic heterocycles. The zero-order valence-electron chi connectivity index (χ0n) is 7.51.